The van der Waals surface area contributed by atoms with E-state index < -0.39 is 10.0 Å². The summed E-state index contributed by atoms with van der Waals surface area (Å²) in [6.45, 7) is 6.51. The molecule has 172 valence electrons. The first kappa shape index (κ1) is 22.7. The summed E-state index contributed by atoms with van der Waals surface area (Å²) in [5, 5.41) is 4.58. The second-order valence-electron chi connectivity index (χ2n) is 8.09. The normalized spacial score (nSPS) is 21.8. The Labute approximate surface area is 206 Å². The van der Waals surface area contributed by atoms with Gasteiger partial charge in [0.25, 0.3) is 0 Å². The molecule has 0 bridgehead atoms. The number of pyridine rings is 1. The SMILES string of the molecule is Cc1cc(-c2nsc3c(N4CCCCS4(=O)=O)cc(N4CCOC[C@H]4C)nc23)n(PI)n1. The molecule has 2 atom stereocenters. The minimum Gasteiger partial charge on any atom is -0.377 e. The van der Waals surface area contributed by atoms with Gasteiger partial charge in [-0.3, -0.25) is 4.31 Å². The van der Waals surface area contributed by atoms with Crippen molar-refractivity contribution >= 4 is 71.7 Å². The molecule has 0 saturated carbocycles. The Morgan fingerprint density at radius 1 is 1.28 bits per heavy atom. The molecule has 1 unspecified atom stereocenters. The number of anilines is 2. The quantitative estimate of drug-likeness (QED) is 0.330. The molecule has 0 N–H and O–H groups in total. The average Bonchev–Trinajstić information content (AvgIpc) is 3.36. The number of halogens is 1. The molecule has 13 heteroatoms. The fraction of sp³-hybridized carbons (Fsp3) is 0.526. The van der Waals surface area contributed by atoms with E-state index in [9.17, 15) is 8.42 Å². The smallest absolute Gasteiger partial charge is 0.235 e. The van der Waals surface area contributed by atoms with E-state index in [0.717, 1.165) is 39.5 Å². The maximum absolute atomic E-state index is 13.0. The zero-order valence-corrected chi connectivity index (χ0v) is 22.6. The summed E-state index contributed by atoms with van der Waals surface area (Å²) < 4.78 is 40.7. The highest BCUT2D eigenvalue weighted by molar-refractivity contribution is 14.2. The topological polar surface area (TPSA) is 93.5 Å². The van der Waals surface area contributed by atoms with Crippen molar-refractivity contribution in [2.24, 2.45) is 0 Å². The summed E-state index contributed by atoms with van der Waals surface area (Å²) in [5.74, 6) is 0.943. The van der Waals surface area contributed by atoms with E-state index in [1.807, 2.05) is 23.5 Å². The summed E-state index contributed by atoms with van der Waals surface area (Å²) in [6, 6.07) is 4.10. The lowest BCUT2D eigenvalue weighted by Gasteiger charge is -2.35. The molecular formula is C19H24IN6O3PS2. The first-order chi connectivity index (χ1) is 15.4. The lowest BCUT2D eigenvalue weighted by atomic mass is 10.2. The second-order valence-corrected chi connectivity index (χ2v) is 12.9. The molecule has 2 aliphatic rings. The zero-order valence-electron chi connectivity index (χ0n) is 17.8. The fourth-order valence-corrected chi connectivity index (χ4v) is 8.36. The Bertz CT molecular complexity index is 1260. The van der Waals surface area contributed by atoms with E-state index in [1.54, 1.807) is 4.31 Å². The largest absolute Gasteiger partial charge is 0.377 e. The van der Waals surface area contributed by atoms with E-state index in [2.05, 4.69) is 39.0 Å². The zero-order chi connectivity index (χ0) is 22.5. The second kappa shape index (κ2) is 8.94. The van der Waals surface area contributed by atoms with Crippen molar-refractivity contribution in [1.82, 2.24) is 18.9 Å². The van der Waals surface area contributed by atoms with Crippen molar-refractivity contribution < 1.29 is 13.2 Å². The van der Waals surface area contributed by atoms with Crippen molar-refractivity contribution in [3.63, 3.8) is 0 Å². The van der Waals surface area contributed by atoms with Gasteiger partial charge in [-0.25, -0.2) is 17.9 Å². The van der Waals surface area contributed by atoms with Crippen LogP contribution in [0.5, 0.6) is 0 Å². The monoisotopic (exact) mass is 606 g/mol. The van der Waals surface area contributed by atoms with Crippen LogP contribution in [0.3, 0.4) is 0 Å². The number of aryl methyl sites for hydroxylation is 1. The highest BCUT2D eigenvalue weighted by Gasteiger charge is 2.31. The number of hydrogen-bond acceptors (Lipinski definition) is 8. The van der Waals surface area contributed by atoms with Gasteiger partial charge in [0.15, 0.2) is 0 Å². The molecule has 2 saturated heterocycles. The standard InChI is InChI=1S/C19H24IN6O3PS2/c1-12-9-14(26(22-12)30-20)17-18-19(31-23-17)15(25-5-3-4-8-32(25,27)28)10-16(21-18)24-6-7-29-11-13(24)2/h9-10,13,30H,3-8,11H2,1-2H3/t13-/m1/s1. The minimum atomic E-state index is -3.37. The van der Waals surface area contributed by atoms with Gasteiger partial charge in [0.1, 0.15) is 17.0 Å². The lowest BCUT2D eigenvalue weighted by molar-refractivity contribution is 0.0986. The Morgan fingerprint density at radius 3 is 2.88 bits per heavy atom. The van der Waals surface area contributed by atoms with E-state index >= 15 is 0 Å². The predicted octanol–water partition coefficient (Wildman–Crippen LogP) is 3.81. The number of hydrogen-bond donors (Lipinski definition) is 0. The van der Waals surface area contributed by atoms with Gasteiger partial charge in [0.2, 0.25) is 10.0 Å². The lowest BCUT2D eigenvalue weighted by Crippen LogP contribution is -2.44. The maximum Gasteiger partial charge on any atom is 0.235 e. The van der Waals surface area contributed by atoms with E-state index in [4.69, 9.17) is 14.1 Å². The van der Waals surface area contributed by atoms with Crippen molar-refractivity contribution in [2.75, 3.05) is 41.3 Å². The summed E-state index contributed by atoms with van der Waals surface area (Å²) >= 11 is 3.62. The van der Waals surface area contributed by atoms with Crippen LogP contribution in [-0.4, -0.2) is 65.4 Å². The van der Waals surface area contributed by atoms with Crippen molar-refractivity contribution in [3.05, 3.63) is 17.8 Å². The Balaban J connectivity index is 1.74. The minimum absolute atomic E-state index is 0.151. The van der Waals surface area contributed by atoms with Gasteiger partial charge >= 0.3 is 0 Å². The molecule has 9 nitrogen and oxygen atoms in total. The highest BCUT2D eigenvalue weighted by atomic mass is 127. The maximum atomic E-state index is 13.0. The van der Waals surface area contributed by atoms with Crippen LogP contribution in [0.15, 0.2) is 12.1 Å². The summed E-state index contributed by atoms with van der Waals surface area (Å²) in [4.78, 5) is 7.23. The summed E-state index contributed by atoms with van der Waals surface area (Å²) in [5.41, 5.74) is 4.01. The number of nitrogens with zero attached hydrogens (tertiary/aromatic N) is 6. The van der Waals surface area contributed by atoms with Gasteiger partial charge in [-0.2, -0.15) is 9.47 Å². The Hall–Kier alpha value is -1.08. The van der Waals surface area contributed by atoms with E-state index in [0.29, 0.717) is 44.8 Å². The third-order valence-corrected chi connectivity index (χ3v) is 10.4. The number of rotatable bonds is 4. The molecule has 2 aliphatic heterocycles. The fourth-order valence-electron chi connectivity index (χ4n) is 4.25. The van der Waals surface area contributed by atoms with Crippen LogP contribution in [0.2, 0.25) is 0 Å². The van der Waals surface area contributed by atoms with Gasteiger partial charge in [0, 0.05) is 19.2 Å². The predicted molar refractivity (Wildman–Crippen MR) is 139 cm³/mol. The molecule has 0 spiro atoms. The highest BCUT2D eigenvalue weighted by Crippen LogP contribution is 2.42. The van der Waals surface area contributed by atoms with Crippen molar-refractivity contribution in [3.8, 4) is 11.4 Å². The van der Waals surface area contributed by atoms with Crippen LogP contribution in [0, 0.1) is 6.92 Å². The Kier molecular flexibility index (Phi) is 6.34. The van der Waals surface area contributed by atoms with E-state index in [-0.39, 0.29) is 11.8 Å². The number of morpholine rings is 1. The number of fused-ring (bicyclic) bond motifs is 1. The Morgan fingerprint density at radius 2 is 2.12 bits per heavy atom. The van der Waals surface area contributed by atoms with Gasteiger partial charge < -0.3 is 9.64 Å². The third kappa shape index (κ3) is 4.02. The molecule has 0 radical (unpaired) electrons. The summed E-state index contributed by atoms with van der Waals surface area (Å²) in [6.07, 6.45) is 1.97. The molecule has 5 rings (SSSR count). The number of ether oxygens (including phenoxy) is 1. The number of aromatic nitrogens is 4. The van der Waals surface area contributed by atoms with Crippen molar-refractivity contribution in [2.45, 2.75) is 32.7 Å². The first-order valence-electron chi connectivity index (χ1n) is 10.5. The summed E-state index contributed by atoms with van der Waals surface area (Å²) in [7, 11) is -3.37. The molecule has 0 amide bonds. The van der Waals surface area contributed by atoms with Crippen LogP contribution in [0.25, 0.3) is 21.6 Å². The van der Waals surface area contributed by atoms with Gasteiger partial charge in [-0.05, 0) is 66.3 Å². The molecule has 0 aliphatic carbocycles. The van der Waals surface area contributed by atoms with Crippen LogP contribution in [0.1, 0.15) is 25.5 Å². The van der Waals surface area contributed by atoms with Crippen LogP contribution in [-0.2, 0) is 14.8 Å². The molecular weight excluding hydrogens is 582 g/mol. The van der Waals surface area contributed by atoms with Crippen LogP contribution < -0.4 is 9.21 Å². The van der Waals surface area contributed by atoms with E-state index in [1.165, 1.54) is 11.5 Å². The third-order valence-electron chi connectivity index (χ3n) is 5.83. The molecule has 5 heterocycles. The average molecular weight is 606 g/mol. The van der Waals surface area contributed by atoms with Crippen LogP contribution >= 0.6 is 39.9 Å². The molecule has 3 aromatic heterocycles. The van der Waals surface area contributed by atoms with Crippen LogP contribution in [0.4, 0.5) is 11.5 Å². The number of sulfonamides is 1. The molecule has 0 aromatic carbocycles. The molecule has 3 aromatic rings. The van der Waals surface area contributed by atoms with Gasteiger partial charge in [-0.1, -0.05) is 0 Å². The first-order valence-corrected chi connectivity index (χ1v) is 16.9. The van der Waals surface area contributed by atoms with Crippen molar-refractivity contribution in [1.29, 1.82) is 0 Å². The van der Waals surface area contributed by atoms with Gasteiger partial charge in [-0.15, -0.1) is 0 Å². The molecule has 2 fully saturated rings. The van der Waals surface area contributed by atoms with Gasteiger partial charge in [0.05, 0.1) is 53.2 Å². The molecule has 32 heavy (non-hydrogen) atoms.